The average Bonchev–Trinajstić information content (AvgIpc) is 2.91. The summed E-state index contributed by atoms with van der Waals surface area (Å²) in [4.78, 5) is 0. The van der Waals surface area contributed by atoms with Crippen LogP contribution in [0, 0.1) is 0 Å². The van der Waals surface area contributed by atoms with Crippen LogP contribution in [0.15, 0.2) is 0 Å². The Labute approximate surface area is 508 Å². The van der Waals surface area contributed by atoms with Crippen LogP contribution >= 0.6 is 0 Å². The maximum atomic E-state index is 6.94. The van der Waals surface area contributed by atoms with Crippen molar-refractivity contribution in [2.75, 3.05) is 0 Å². The second-order valence-corrected chi connectivity index (χ2v) is 99.6. The van der Waals surface area contributed by atoms with Gasteiger partial charge < -0.3 is 78.2 Å². The molecule has 0 aromatic heterocycles. The van der Waals surface area contributed by atoms with E-state index in [1.165, 1.54) is 0 Å². The van der Waals surface area contributed by atoms with Crippen LogP contribution in [-0.2, 0) is 78.2 Å². The molecule has 0 radical (unpaired) electrons. The minimum absolute atomic E-state index is 1.26. The number of hydrogen-bond donors (Lipinski definition) is 0. The highest BCUT2D eigenvalue weighted by atomic mass is 28.6. The van der Waals surface area contributed by atoms with E-state index >= 15 is 0 Å². The fourth-order valence-corrected chi connectivity index (χ4v) is 111. The Morgan fingerprint density at radius 2 is 0.190 bits per heavy atom. The molecule has 79 heavy (non-hydrogen) atoms. The van der Waals surface area contributed by atoms with Crippen LogP contribution in [0.5, 0.6) is 0 Å². The van der Waals surface area contributed by atoms with Crippen molar-refractivity contribution in [3.05, 3.63) is 0 Å². The van der Waals surface area contributed by atoms with E-state index in [4.69, 9.17) is 78.2 Å². The molecule has 19 nitrogen and oxygen atoms in total. The molecule has 39 heteroatoms. The predicted molar refractivity (Wildman–Crippen MR) is 373 cm³/mol. The SMILES string of the molecule is C[SiH](C)O[Si](C)(C)O[Si](C)(C)O[Si](C)(C)O[Si](C)(C)O[Si](C)(C)O[Si](C)(C)O[Si](C)(C)O[Si](C)(C)O[Si](C)(C)O[Si](C)(C)O[Si](C)(C)O[Si](C)(C)O[Si](C)(C)O[Si](C)(C)O[Si](C)(C)O[Si](C)(C)O[Si](C)(C)O[Si](C)(C)O[SiH](C)C. The van der Waals surface area contributed by atoms with E-state index in [0.29, 0.717) is 0 Å². The zero-order chi connectivity index (χ0) is 63.6. The van der Waals surface area contributed by atoms with Gasteiger partial charge in [0.1, 0.15) is 0 Å². The number of rotatable bonds is 38. The van der Waals surface area contributed by atoms with Crippen molar-refractivity contribution >= 4 is 172 Å². The van der Waals surface area contributed by atoms with Crippen molar-refractivity contribution in [3.8, 4) is 0 Å². The first-order valence-electron chi connectivity index (χ1n) is 28.1. The van der Waals surface area contributed by atoms with Gasteiger partial charge in [0, 0.05) is 0 Å². The van der Waals surface area contributed by atoms with Crippen molar-refractivity contribution < 1.29 is 78.2 Å². The normalized spacial score (nSPS) is 16.0. The van der Waals surface area contributed by atoms with Crippen molar-refractivity contribution in [2.24, 2.45) is 0 Å². The van der Waals surface area contributed by atoms with E-state index < -0.39 is 172 Å². The molecule has 0 N–H and O–H groups in total. The molecule has 0 aliphatic heterocycles. The molecule has 0 saturated heterocycles. The topological polar surface area (TPSA) is 175 Å². The number of hydrogen-bond acceptors (Lipinski definition) is 19. The fraction of sp³-hybridized carbons (Fsp3) is 1.00. The second kappa shape index (κ2) is 28.4. The molecule has 0 rings (SSSR count). The fourth-order valence-electron chi connectivity index (χ4n) is 11.6. The van der Waals surface area contributed by atoms with Gasteiger partial charge in [-0.2, -0.15) is 0 Å². The lowest BCUT2D eigenvalue weighted by molar-refractivity contribution is 0.250. The molecule has 0 saturated carbocycles. The zero-order valence-corrected chi connectivity index (χ0v) is 78.2. The van der Waals surface area contributed by atoms with E-state index in [0.717, 1.165) is 0 Å². The van der Waals surface area contributed by atoms with Gasteiger partial charge in [-0.05, 0) is 262 Å². The van der Waals surface area contributed by atoms with Crippen molar-refractivity contribution in [1.82, 2.24) is 0 Å². The van der Waals surface area contributed by atoms with Crippen molar-refractivity contribution in [3.63, 3.8) is 0 Å². The van der Waals surface area contributed by atoms with E-state index in [9.17, 15) is 0 Å². The van der Waals surface area contributed by atoms with Gasteiger partial charge >= 0.3 is 154 Å². The molecule has 476 valence electrons. The third-order valence-corrected chi connectivity index (χ3v) is 84.6. The highest BCUT2D eigenvalue weighted by molar-refractivity contribution is 6.96. The van der Waals surface area contributed by atoms with Crippen LogP contribution in [-0.4, -0.2) is 172 Å². The van der Waals surface area contributed by atoms with Crippen LogP contribution < -0.4 is 0 Å². The molecule has 0 heterocycles. The summed E-state index contributed by atoms with van der Waals surface area (Å²) in [6.07, 6.45) is 0. The first kappa shape index (κ1) is 82.6. The lowest BCUT2D eigenvalue weighted by Gasteiger charge is -2.45. The molecule has 0 spiro atoms. The Kier molecular flexibility index (Phi) is 29.7. The Balaban J connectivity index is 5.80. The minimum atomic E-state index is -2.85. The Morgan fingerprint density at radius 1 is 0.127 bits per heavy atom. The summed E-state index contributed by atoms with van der Waals surface area (Å²) in [7, 11) is -51.5. The highest BCUT2D eigenvalue weighted by Crippen LogP contribution is 2.34. The van der Waals surface area contributed by atoms with Gasteiger partial charge in [0.05, 0.1) is 0 Å². The molecule has 0 unspecified atom stereocenters. The molecular formula is C40H122O19Si20. The molecule has 0 fully saturated rings. The minimum Gasteiger partial charge on any atom is -0.440 e. The largest absolute Gasteiger partial charge is 0.440 e. The maximum Gasteiger partial charge on any atom is 0.314 e. The van der Waals surface area contributed by atoms with Crippen LogP contribution in [0.3, 0.4) is 0 Å². The highest BCUT2D eigenvalue weighted by Gasteiger charge is 2.54. The molecule has 0 bridgehead atoms. The van der Waals surface area contributed by atoms with E-state index in [1.54, 1.807) is 0 Å². The standard InChI is InChI=1S/C40H122O19Si20/c1-60(2)41-62(5,6)43-64(9,10)45-66(13,14)47-68(17,18)49-70(21,22)51-72(25,26)53-74(29,30)55-76(33,34)57-78(37,38)59-79(39,40)58-77(35,36)56-75(31,32)54-73(27,28)52-71(23,24)50-69(19,20)48-67(15,16)46-65(11,12)44-63(7,8)42-61(3)4/h60-61H,1-40H3. The van der Waals surface area contributed by atoms with Crippen molar-refractivity contribution in [1.29, 1.82) is 0 Å². The third kappa shape index (κ3) is 38.7. The Bertz CT molecular complexity index is 1790. The molecule has 0 atom stereocenters. The van der Waals surface area contributed by atoms with E-state index in [2.05, 4.69) is 262 Å². The summed E-state index contributed by atoms with van der Waals surface area (Å²) < 4.78 is 129. The van der Waals surface area contributed by atoms with Crippen LogP contribution in [0.2, 0.25) is 262 Å². The van der Waals surface area contributed by atoms with Gasteiger partial charge in [0.25, 0.3) is 0 Å². The Hall–Kier alpha value is 3.58. The molecule has 0 aliphatic rings. The lowest BCUT2D eigenvalue weighted by Crippen LogP contribution is -2.63. The van der Waals surface area contributed by atoms with Gasteiger partial charge in [0.2, 0.25) is 0 Å². The van der Waals surface area contributed by atoms with Crippen LogP contribution in [0.1, 0.15) is 0 Å². The molecular weight excluding hydrogens is 1350 g/mol. The van der Waals surface area contributed by atoms with E-state index in [1.807, 2.05) is 0 Å². The molecule has 0 aromatic carbocycles. The first-order valence-corrected chi connectivity index (χ1v) is 84.4. The molecule has 0 aromatic rings. The van der Waals surface area contributed by atoms with Gasteiger partial charge in [0.15, 0.2) is 18.1 Å². The van der Waals surface area contributed by atoms with Gasteiger partial charge in [-0.1, -0.05) is 0 Å². The molecule has 0 aliphatic carbocycles. The molecule has 0 amide bonds. The van der Waals surface area contributed by atoms with Crippen molar-refractivity contribution in [2.45, 2.75) is 262 Å². The summed E-state index contributed by atoms with van der Waals surface area (Å²) in [5.41, 5.74) is 0. The predicted octanol–water partition coefficient (Wildman–Crippen LogP) is 13.9. The van der Waals surface area contributed by atoms with Gasteiger partial charge in [-0.25, -0.2) is 0 Å². The Morgan fingerprint density at radius 3 is 0.253 bits per heavy atom. The summed E-state index contributed by atoms with van der Waals surface area (Å²) in [5, 5.41) is 0. The summed E-state index contributed by atoms with van der Waals surface area (Å²) >= 11 is 0. The van der Waals surface area contributed by atoms with E-state index in [-0.39, 0.29) is 0 Å². The zero-order valence-electron chi connectivity index (χ0n) is 57.9. The average molecular weight is 1470 g/mol. The summed E-state index contributed by atoms with van der Waals surface area (Å²) in [6.45, 7) is 83.1. The van der Waals surface area contributed by atoms with Gasteiger partial charge in [-0.3, -0.25) is 0 Å². The first-order chi connectivity index (χ1) is 33.9. The monoisotopic (exact) mass is 1470 g/mol. The smallest absolute Gasteiger partial charge is 0.314 e. The lowest BCUT2D eigenvalue weighted by atomic mass is 11.9. The van der Waals surface area contributed by atoms with Crippen LogP contribution in [0.25, 0.3) is 0 Å². The quantitative estimate of drug-likeness (QED) is 0.0533. The van der Waals surface area contributed by atoms with Crippen LogP contribution in [0.4, 0.5) is 0 Å². The third-order valence-electron chi connectivity index (χ3n) is 9.40. The summed E-state index contributed by atoms with van der Waals surface area (Å²) in [6, 6.07) is 0. The maximum absolute atomic E-state index is 6.94. The second-order valence-electron chi connectivity index (χ2n) is 29.3. The summed E-state index contributed by atoms with van der Waals surface area (Å²) in [5.74, 6) is 0. The van der Waals surface area contributed by atoms with Gasteiger partial charge in [-0.15, -0.1) is 0 Å².